The maximum atomic E-state index is 10.3. The topological polar surface area (TPSA) is 108 Å². The molecule has 5 N–H and O–H groups in total. The number of nitrogens with two attached hydrogens (primary N) is 2. The predicted molar refractivity (Wildman–Crippen MR) is 134 cm³/mol. The van der Waals surface area contributed by atoms with E-state index in [1.165, 1.54) is 30.7 Å². The Morgan fingerprint density at radius 3 is 2.62 bits per heavy atom. The van der Waals surface area contributed by atoms with Crippen molar-refractivity contribution in [3.8, 4) is 0 Å². The average molecular weight is 480 g/mol. The summed E-state index contributed by atoms with van der Waals surface area (Å²) in [5.74, 6) is 1.34. The van der Waals surface area contributed by atoms with Crippen LogP contribution in [0.2, 0.25) is 5.02 Å². The van der Waals surface area contributed by atoms with Crippen LogP contribution < -0.4 is 16.8 Å². The van der Waals surface area contributed by atoms with Crippen LogP contribution in [-0.4, -0.2) is 16.2 Å². The van der Waals surface area contributed by atoms with E-state index in [9.17, 15) is 4.79 Å². The van der Waals surface area contributed by atoms with Crippen LogP contribution in [0.1, 0.15) is 48.5 Å². The van der Waals surface area contributed by atoms with E-state index in [1.54, 1.807) is 6.20 Å². The number of aromatic nitrogens is 2. The van der Waals surface area contributed by atoms with Crippen molar-refractivity contribution in [2.75, 3.05) is 0 Å². The number of carbonyl (C=O) groups excluding carboxylic acids is 1. The Morgan fingerprint density at radius 2 is 2.03 bits per heavy atom. The summed E-state index contributed by atoms with van der Waals surface area (Å²) in [6, 6.07) is 18.1. The Morgan fingerprint density at radius 1 is 1.26 bits per heavy atom. The van der Waals surface area contributed by atoms with E-state index in [-0.39, 0.29) is 11.9 Å². The van der Waals surface area contributed by atoms with Crippen molar-refractivity contribution in [2.45, 2.75) is 38.3 Å². The van der Waals surface area contributed by atoms with Gasteiger partial charge in [-0.3, -0.25) is 9.48 Å². The highest BCUT2D eigenvalue weighted by molar-refractivity contribution is 6.30. The fourth-order valence-corrected chi connectivity index (χ4v) is 3.51. The first-order valence-corrected chi connectivity index (χ1v) is 11.4. The first-order valence-electron chi connectivity index (χ1n) is 11.1. The Bertz CT molecular complexity index is 1110. The highest BCUT2D eigenvalue weighted by Crippen LogP contribution is 2.40. The Labute approximate surface area is 205 Å². The minimum absolute atomic E-state index is 0.156. The maximum Gasteiger partial charge on any atom is 0.212 e. The molecule has 1 amide bonds. The van der Waals surface area contributed by atoms with Crippen LogP contribution >= 0.6 is 11.6 Å². The number of nitrogens with zero attached hydrogens (tertiary/aromatic N) is 2. The van der Waals surface area contributed by atoms with E-state index in [2.05, 4.69) is 22.5 Å². The third kappa shape index (κ3) is 8.01. The normalized spacial score (nSPS) is 14.5. The molecule has 4 rings (SSSR count). The van der Waals surface area contributed by atoms with Crippen molar-refractivity contribution in [1.29, 1.82) is 0 Å². The fraction of sp³-hybridized carbons (Fsp3) is 0.231. The van der Waals surface area contributed by atoms with Gasteiger partial charge in [-0.05, 0) is 60.6 Å². The molecule has 1 unspecified atom stereocenters. The molecule has 1 aromatic heterocycles. The molecule has 1 atom stereocenters. The number of amides is 1. The van der Waals surface area contributed by atoms with Gasteiger partial charge in [-0.25, -0.2) is 0 Å². The number of benzene rings is 2. The summed E-state index contributed by atoms with van der Waals surface area (Å²) in [5, 5.41) is 7.37. The smallest absolute Gasteiger partial charge is 0.212 e. The van der Waals surface area contributed by atoms with Gasteiger partial charge in [0.2, 0.25) is 6.41 Å². The van der Waals surface area contributed by atoms with Gasteiger partial charge < -0.3 is 21.5 Å². The van der Waals surface area contributed by atoms with Gasteiger partial charge in [-0.2, -0.15) is 5.10 Å². The number of carbonyl (C=O) groups is 1. The van der Waals surface area contributed by atoms with E-state index >= 15 is 0 Å². The van der Waals surface area contributed by atoms with Gasteiger partial charge in [0.05, 0.1) is 6.54 Å². The molecule has 1 aliphatic rings. The summed E-state index contributed by atoms with van der Waals surface area (Å²) in [5.41, 5.74) is 14.7. The molecular weight excluding hydrogens is 450 g/mol. The lowest BCUT2D eigenvalue weighted by atomic mass is 10.1. The van der Waals surface area contributed by atoms with Crippen LogP contribution in [0.15, 0.2) is 90.8 Å². The molecule has 7 nitrogen and oxygen atoms in total. The molecule has 178 valence electrons. The molecule has 1 saturated carbocycles. The first kappa shape index (κ1) is 24.9. The molecule has 0 aliphatic heterocycles. The van der Waals surface area contributed by atoms with Gasteiger partial charge in [-0.15, -0.1) is 0 Å². The number of rotatable bonds is 9. The first-order chi connectivity index (χ1) is 16.5. The Balaban J connectivity index is 0.000000266. The molecule has 2 aromatic carbocycles. The third-order valence-corrected chi connectivity index (χ3v) is 5.49. The van der Waals surface area contributed by atoms with E-state index in [4.69, 9.17) is 27.8 Å². The van der Waals surface area contributed by atoms with Crippen LogP contribution in [0.3, 0.4) is 0 Å². The number of nitrogens with one attached hydrogen (secondary N) is 1. The van der Waals surface area contributed by atoms with Crippen LogP contribution in [0.4, 0.5) is 0 Å². The monoisotopic (exact) mass is 479 g/mol. The van der Waals surface area contributed by atoms with Crippen molar-refractivity contribution < 1.29 is 9.53 Å². The minimum Gasteiger partial charge on any atom is -0.484 e. The van der Waals surface area contributed by atoms with Gasteiger partial charge in [0, 0.05) is 29.7 Å². The minimum atomic E-state index is -0.223. The number of hydrogen-bond donors (Lipinski definition) is 3. The lowest BCUT2D eigenvalue weighted by Crippen LogP contribution is -2.18. The molecule has 0 saturated heterocycles. The number of hydrogen-bond acceptors (Lipinski definition) is 5. The Kier molecular flexibility index (Phi) is 9.17. The van der Waals surface area contributed by atoms with Crippen LogP contribution in [-0.2, 0) is 16.1 Å². The number of halogens is 1. The maximum absolute atomic E-state index is 10.3. The van der Waals surface area contributed by atoms with Gasteiger partial charge in [-0.1, -0.05) is 48.0 Å². The summed E-state index contributed by atoms with van der Waals surface area (Å²) in [7, 11) is 0. The molecule has 8 heteroatoms. The lowest BCUT2D eigenvalue weighted by molar-refractivity contribution is -0.108. The van der Waals surface area contributed by atoms with Crippen LogP contribution in [0.25, 0.3) is 0 Å². The van der Waals surface area contributed by atoms with Crippen LogP contribution in [0, 0.1) is 0 Å². The SMILES string of the molecule is CC(OC(/C=C(\N)NC=O)=C/N)c1ccc(Cn2cccn2)cc1.Clc1cccc(C2CC2)c1. The van der Waals surface area contributed by atoms with E-state index in [0.717, 1.165) is 22.1 Å². The molecule has 34 heavy (non-hydrogen) atoms. The zero-order chi connectivity index (χ0) is 24.3. The van der Waals surface area contributed by atoms with Gasteiger partial charge in [0.1, 0.15) is 17.7 Å². The summed E-state index contributed by atoms with van der Waals surface area (Å²) in [6.07, 6.45) is 9.38. The Hall–Kier alpha value is -3.71. The summed E-state index contributed by atoms with van der Waals surface area (Å²) >= 11 is 5.82. The highest BCUT2D eigenvalue weighted by Gasteiger charge is 2.23. The quantitative estimate of drug-likeness (QED) is 0.236. The molecule has 1 heterocycles. The summed E-state index contributed by atoms with van der Waals surface area (Å²) in [6.45, 7) is 2.62. The van der Waals surface area contributed by atoms with Gasteiger partial charge >= 0.3 is 0 Å². The van der Waals surface area contributed by atoms with Crippen molar-refractivity contribution in [3.05, 3.63) is 113 Å². The second kappa shape index (κ2) is 12.5. The fourth-order valence-electron chi connectivity index (χ4n) is 3.31. The predicted octanol–water partition coefficient (Wildman–Crippen LogP) is 4.57. The van der Waals surface area contributed by atoms with Crippen molar-refractivity contribution in [2.24, 2.45) is 11.5 Å². The molecular formula is C26H30ClN5O2. The van der Waals surface area contributed by atoms with E-state index < -0.39 is 0 Å². The summed E-state index contributed by atoms with van der Waals surface area (Å²) in [4.78, 5) is 10.3. The molecule has 1 fully saturated rings. The van der Waals surface area contributed by atoms with Gasteiger partial charge in [0.25, 0.3) is 0 Å². The van der Waals surface area contributed by atoms with E-state index in [0.29, 0.717) is 18.7 Å². The standard InChI is InChI=1S/C17H21N5O2.C9H9Cl/c1-13(24-16(10-18)9-17(19)20-12-23)15-5-3-14(4-6-15)11-22-8-2-7-21-22;10-9-3-1-2-8(6-9)7-4-5-7/h2-10,12-13H,11,18-19H2,1H3,(H,20,23);1-3,6-7H,4-5H2/b16-10+,17-9+;. The van der Waals surface area contributed by atoms with Crippen molar-refractivity contribution in [1.82, 2.24) is 15.1 Å². The average Bonchev–Trinajstić information content (AvgIpc) is 3.56. The van der Waals surface area contributed by atoms with Gasteiger partial charge in [0.15, 0.2) is 0 Å². The second-order valence-electron chi connectivity index (χ2n) is 7.97. The zero-order valence-corrected chi connectivity index (χ0v) is 19.9. The molecule has 0 bridgehead atoms. The zero-order valence-electron chi connectivity index (χ0n) is 19.1. The van der Waals surface area contributed by atoms with Crippen molar-refractivity contribution >= 4 is 18.0 Å². The molecule has 1 aliphatic carbocycles. The number of allylic oxidation sites excluding steroid dienone is 1. The third-order valence-electron chi connectivity index (χ3n) is 5.25. The summed E-state index contributed by atoms with van der Waals surface area (Å²) < 4.78 is 7.61. The van der Waals surface area contributed by atoms with E-state index in [1.807, 2.05) is 60.3 Å². The van der Waals surface area contributed by atoms with Crippen LogP contribution in [0.5, 0.6) is 0 Å². The largest absolute Gasteiger partial charge is 0.484 e. The molecule has 3 aromatic rings. The van der Waals surface area contributed by atoms with Crippen molar-refractivity contribution in [3.63, 3.8) is 0 Å². The molecule has 0 radical (unpaired) electrons. The second-order valence-corrected chi connectivity index (χ2v) is 8.40. The number of ether oxygens (including phenoxy) is 1. The highest BCUT2D eigenvalue weighted by atomic mass is 35.5. The molecule has 0 spiro atoms. The lowest BCUT2D eigenvalue weighted by Gasteiger charge is -2.16.